The number of carbonyl (C=O) groups excluding carboxylic acids is 1. The van der Waals surface area contributed by atoms with Gasteiger partial charge >= 0.3 is 5.97 Å². The van der Waals surface area contributed by atoms with Crippen LogP contribution in [0, 0.1) is 0 Å². The molecule has 0 saturated carbocycles. The molecule has 0 saturated heterocycles. The second-order valence-electron chi connectivity index (χ2n) is 4.39. The lowest BCUT2D eigenvalue weighted by atomic mass is 10.1. The van der Waals surface area contributed by atoms with E-state index in [-0.39, 0.29) is 12.0 Å². The summed E-state index contributed by atoms with van der Waals surface area (Å²) in [5, 5.41) is 3.22. The number of ether oxygens (including phenoxy) is 1. The molecule has 0 spiro atoms. The molecule has 0 fully saturated rings. The third kappa shape index (κ3) is 3.39. The Morgan fingerprint density at radius 2 is 2.00 bits per heavy atom. The van der Waals surface area contributed by atoms with E-state index in [4.69, 9.17) is 4.74 Å². The van der Waals surface area contributed by atoms with Gasteiger partial charge in [0.25, 0.3) is 0 Å². The number of hydrogen-bond acceptors (Lipinski definition) is 5. The van der Waals surface area contributed by atoms with Crippen molar-refractivity contribution in [2.75, 3.05) is 7.11 Å². The smallest absolute Gasteiger partial charge is 0.327 e. The summed E-state index contributed by atoms with van der Waals surface area (Å²) in [4.78, 5) is 20.2. The molecule has 1 aromatic heterocycles. The second kappa shape index (κ2) is 6.77. The molecule has 20 heavy (non-hydrogen) atoms. The van der Waals surface area contributed by atoms with Crippen LogP contribution in [-0.4, -0.2) is 23.0 Å². The zero-order valence-electron chi connectivity index (χ0n) is 11.5. The predicted octanol–water partition coefficient (Wildman–Crippen LogP) is 2.04. The summed E-state index contributed by atoms with van der Waals surface area (Å²) in [5.74, 6) is -0.327. The van der Waals surface area contributed by atoms with Crippen molar-refractivity contribution in [3.63, 3.8) is 0 Å². The summed E-state index contributed by atoms with van der Waals surface area (Å²) in [7, 11) is 1.38. The second-order valence-corrected chi connectivity index (χ2v) is 4.39. The molecule has 0 aliphatic heterocycles. The van der Waals surface area contributed by atoms with Crippen molar-refractivity contribution in [1.29, 1.82) is 0 Å². The summed E-state index contributed by atoms with van der Waals surface area (Å²) in [6.07, 6.45) is 4.92. The molecule has 5 heteroatoms. The Labute approximate surface area is 118 Å². The van der Waals surface area contributed by atoms with Crippen molar-refractivity contribution in [2.24, 2.45) is 0 Å². The van der Waals surface area contributed by atoms with E-state index in [1.54, 1.807) is 18.6 Å². The van der Waals surface area contributed by atoms with Crippen LogP contribution in [0.3, 0.4) is 0 Å². The SMILES string of the molecule is COC(=O)C(NC(C)c1cnccn1)c1ccccc1. The fraction of sp³-hybridized carbons (Fsp3) is 0.267. The Morgan fingerprint density at radius 3 is 2.60 bits per heavy atom. The molecule has 0 amide bonds. The molecular weight excluding hydrogens is 254 g/mol. The number of aromatic nitrogens is 2. The topological polar surface area (TPSA) is 64.1 Å². The normalized spacial score (nSPS) is 13.5. The highest BCUT2D eigenvalue weighted by Gasteiger charge is 2.23. The van der Waals surface area contributed by atoms with Crippen molar-refractivity contribution in [3.8, 4) is 0 Å². The van der Waals surface area contributed by atoms with Crippen molar-refractivity contribution in [2.45, 2.75) is 19.0 Å². The molecule has 0 bridgehead atoms. The lowest BCUT2D eigenvalue weighted by molar-refractivity contribution is -0.143. The van der Waals surface area contributed by atoms with Gasteiger partial charge in [0.15, 0.2) is 0 Å². The number of carbonyl (C=O) groups is 1. The largest absolute Gasteiger partial charge is 0.468 e. The monoisotopic (exact) mass is 271 g/mol. The number of benzene rings is 1. The van der Waals surface area contributed by atoms with E-state index in [0.717, 1.165) is 11.3 Å². The highest BCUT2D eigenvalue weighted by molar-refractivity contribution is 5.77. The molecule has 2 atom stereocenters. The first-order chi connectivity index (χ1) is 9.72. The summed E-state index contributed by atoms with van der Waals surface area (Å²) >= 11 is 0. The number of hydrogen-bond donors (Lipinski definition) is 1. The first-order valence-electron chi connectivity index (χ1n) is 6.37. The number of nitrogens with zero attached hydrogens (tertiary/aromatic N) is 2. The third-order valence-corrected chi connectivity index (χ3v) is 3.01. The molecule has 1 aromatic carbocycles. The minimum absolute atomic E-state index is 0.118. The third-order valence-electron chi connectivity index (χ3n) is 3.01. The molecule has 2 aromatic rings. The van der Waals surface area contributed by atoms with Gasteiger partial charge in [-0.3, -0.25) is 15.3 Å². The Hall–Kier alpha value is -2.27. The highest BCUT2D eigenvalue weighted by atomic mass is 16.5. The average Bonchev–Trinajstić information content (AvgIpc) is 2.53. The van der Waals surface area contributed by atoms with Crippen LogP contribution in [0.5, 0.6) is 0 Å². The van der Waals surface area contributed by atoms with E-state index < -0.39 is 6.04 Å². The zero-order chi connectivity index (χ0) is 14.4. The number of esters is 1. The first kappa shape index (κ1) is 14.1. The van der Waals surface area contributed by atoms with Gasteiger partial charge in [0.1, 0.15) is 6.04 Å². The lowest BCUT2D eigenvalue weighted by Crippen LogP contribution is -2.32. The van der Waals surface area contributed by atoms with Crippen LogP contribution in [0.2, 0.25) is 0 Å². The van der Waals surface area contributed by atoms with E-state index in [2.05, 4.69) is 15.3 Å². The minimum Gasteiger partial charge on any atom is -0.468 e. The van der Waals surface area contributed by atoms with E-state index in [0.29, 0.717) is 0 Å². The van der Waals surface area contributed by atoms with Crippen LogP contribution in [0.25, 0.3) is 0 Å². The van der Waals surface area contributed by atoms with Crippen molar-refractivity contribution in [1.82, 2.24) is 15.3 Å². The van der Waals surface area contributed by atoms with E-state index in [9.17, 15) is 4.79 Å². The van der Waals surface area contributed by atoms with E-state index >= 15 is 0 Å². The van der Waals surface area contributed by atoms with Crippen LogP contribution in [0.4, 0.5) is 0 Å². The molecule has 0 aliphatic rings. The van der Waals surface area contributed by atoms with Crippen LogP contribution < -0.4 is 5.32 Å². The predicted molar refractivity (Wildman–Crippen MR) is 74.8 cm³/mol. The van der Waals surface area contributed by atoms with Gasteiger partial charge < -0.3 is 4.74 Å². The standard InChI is InChI=1S/C15H17N3O2/c1-11(13-10-16-8-9-17-13)18-14(15(19)20-2)12-6-4-3-5-7-12/h3-11,14,18H,1-2H3. The molecule has 2 rings (SSSR count). The molecule has 0 radical (unpaired) electrons. The van der Waals surface area contributed by atoms with Gasteiger partial charge in [-0.25, -0.2) is 4.79 Å². The maximum absolute atomic E-state index is 12.0. The molecular formula is C15H17N3O2. The van der Waals surface area contributed by atoms with Crippen LogP contribution >= 0.6 is 0 Å². The summed E-state index contributed by atoms with van der Waals surface area (Å²) < 4.78 is 4.87. The van der Waals surface area contributed by atoms with Gasteiger partial charge in [0.2, 0.25) is 0 Å². The van der Waals surface area contributed by atoms with Crippen molar-refractivity contribution < 1.29 is 9.53 Å². The highest BCUT2D eigenvalue weighted by Crippen LogP contribution is 2.19. The van der Waals surface area contributed by atoms with Crippen molar-refractivity contribution >= 4 is 5.97 Å². The first-order valence-corrected chi connectivity index (χ1v) is 6.37. The van der Waals surface area contributed by atoms with Crippen LogP contribution in [0.15, 0.2) is 48.9 Å². The molecule has 5 nitrogen and oxygen atoms in total. The maximum atomic E-state index is 12.0. The molecule has 2 unspecified atom stereocenters. The molecule has 0 aliphatic carbocycles. The number of methoxy groups -OCH3 is 1. The minimum atomic E-state index is -0.529. The lowest BCUT2D eigenvalue weighted by Gasteiger charge is -2.21. The van der Waals surface area contributed by atoms with Crippen molar-refractivity contribution in [3.05, 3.63) is 60.2 Å². The number of rotatable bonds is 5. The van der Waals surface area contributed by atoms with E-state index in [1.807, 2.05) is 37.3 Å². The van der Waals surface area contributed by atoms with Gasteiger partial charge in [-0.15, -0.1) is 0 Å². The Bertz CT molecular complexity index is 546. The Morgan fingerprint density at radius 1 is 1.25 bits per heavy atom. The number of nitrogens with one attached hydrogen (secondary N) is 1. The zero-order valence-corrected chi connectivity index (χ0v) is 11.5. The maximum Gasteiger partial charge on any atom is 0.327 e. The summed E-state index contributed by atoms with van der Waals surface area (Å²) in [6.45, 7) is 1.93. The van der Waals surface area contributed by atoms with Gasteiger partial charge in [-0.1, -0.05) is 30.3 Å². The van der Waals surface area contributed by atoms with Crippen LogP contribution in [-0.2, 0) is 9.53 Å². The fourth-order valence-electron chi connectivity index (χ4n) is 1.93. The van der Waals surface area contributed by atoms with Gasteiger partial charge in [0.05, 0.1) is 12.8 Å². The van der Waals surface area contributed by atoms with Crippen LogP contribution in [0.1, 0.15) is 30.3 Å². The summed E-state index contributed by atoms with van der Waals surface area (Å²) in [5.41, 5.74) is 1.63. The molecule has 104 valence electrons. The average molecular weight is 271 g/mol. The quantitative estimate of drug-likeness (QED) is 0.843. The van der Waals surface area contributed by atoms with Gasteiger partial charge in [-0.2, -0.15) is 0 Å². The molecule has 1 heterocycles. The fourth-order valence-corrected chi connectivity index (χ4v) is 1.93. The van der Waals surface area contributed by atoms with Gasteiger partial charge in [0, 0.05) is 24.6 Å². The van der Waals surface area contributed by atoms with E-state index in [1.165, 1.54) is 7.11 Å². The Kier molecular flexibility index (Phi) is 4.79. The Balaban J connectivity index is 2.19. The molecule has 1 N–H and O–H groups in total. The van der Waals surface area contributed by atoms with Gasteiger partial charge in [-0.05, 0) is 12.5 Å². The summed E-state index contributed by atoms with van der Waals surface area (Å²) in [6, 6.07) is 8.81.